The highest BCUT2D eigenvalue weighted by Gasteiger charge is 2.09. The SMILES string of the molecule is CNc1nc2ccccc2cc1CN(C)CCC(C)O. The molecule has 0 amide bonds. The molecule has 0 saturated heterocycles. The highest BCUT2D eigenvalue weighted by atomic mass is 16.3. The molecule has 1 aromatic carbocycles. The summed E-state index contributed by atoms with van der Waals surface area (Å²) in [7, 11) is 3.97. The van der Waals surface area contributed by atoms with Gasteiger partial charge in [0.2, 0.25) is 0 Å². The van der Waals surface area contributed by atoms with Crippen LogP contribution in [0.2, 0.25) is 0 Å². The van der Waals surface area contributed by atoms with E-state index in [9.17, 15) is 5.11 Å². The largest absolute Gasteiger partial charge is 0.393 e. The van der Waals surface area contributed by atoms with E-state index in [2.05, 4.69) is 34.4 Å². The standard InChI is InChI=1S/C16H23N3O/c1-12(20)8-9-19(3)11-14-10-13-6-4-5-7-15(13)18-16(14)17-2/h4-7,10,12,20H,8-9,11H2,1-3H3,(H,17,18). The van der Waals surface area contributed by atoms with E-state index in [1.54, 1.807) is 0 Å². The van der Waals surface area contributed by atoms with E-state index in [-0.39, 0.29) is 6.10 Å². The Labute approximate surface area is 120 Å². The Kier molecular flexibility index (Phi) is 4.93. The molecule has 0 saturated carbocycles. The molecule has 2 N–H and O–H groups in total. The minimum Gasteiger partial charge on any atom is -0.393 e. The highest BCUT2D eigenvalue weighted by Crippen LogP contribution is 2.21. The lowest BCUT2D eigenvalue weighted by Gasteiger charge is -2.19. The lowest BCUT2D eigenvalue weighted by molar-refractivity contribution is 0.163. The van der Waals surface area contributed by atoms with Crippen LogP contribution in [0.4, 0.5) is 5.82 Å². The molecule has 108 valence electrons. The van der Waals surface area contributed by atoms with Crippen LogP contribution in [0.15, 0.2) is 30.3 Å². The van der Waals surface area contributed by atoms with E-state index in [1.165, 1.54) is 5.56 Å². The van der Waals surface area contributed by atoms with Gasteiger partial charge in [0.25, 0.3) is 0 Å². The highest BCUT2D eigenvalue weighted by molar-refractivity contribution is 5.81. The predicted octanol–water partition coefficient (Wildman–Crippen LogP) is 2.48. The molecule has 2 rings (SSSR count). The van der Waals surface area contributed by atoms with Gasteiger partial charge in [0.15, 0.2) is 0 Å². The molecule has 0 aliphatic rings. The van der Waals surface area contributed by atoms with Crippen LogP contribution in [0.1, 0.15) is 18.9 Å². The Morgan fingerprint density at radius 3 is 2.80 bits per heavy atom. The van der Waals surface area contributed by atoms with Gasteiger partial charge in [-0.2, -0.15) is 0 Å². The molecular formula is C16H23N3O. The summed E-state index contributed by atoms with van der Waals surface area (Å²) in [4.78, 5) is 6.86. The van der Waals surface area contributed by atoms with Gasteiger partial charge in [-0.1, -0.05) is 18.2 Å². The smallest absolute Gasteiger partial charge is 0.130 e. The maximum Gasteiger partial charge on any atom is 0.130 e. The third kappa shape index (κ3) is 3.68. The van der Waals surface area contributed by atoms with E-state index in [4.69, 9.17) is 0 Å². The minimum absolute atomic E-state index is 0.254. The Morgan fingerprint density at radius 1 is 1.35 bits per heavy atom. The molecule has 4 nitrogen and oxygen atoms in total. The van der Waals surface area contributed by atoms with Crippen molar-refractivity contribution in [3.8, 4) is 0 Å². The molecule has 0 fully saturated rings. The molecule has 1 aromatic heterocycles. The van der Waals surface area contributed by atoms with E-state index in [0.717, 1.165) is 36.2 Å². The van der Waals surface area contributed by atoms with Crippen LogP contribution in [-0.2, 0) is 6.54 Å². The first-order chi connectivity index (χ1) is 9.60. The first-order valence-corrected chi connectivity index (χ1v) is 7.03. The summed E-state index contributed by atoms with van der Waals surface area (Å²) in [6.45, 7) is 3.51. The van der Waals surface area contributed by atoms with Crippen LogP contribution in [-0.4, -0.2) is 41.7 Å². The quantitative estimate of drug-likeness (QED) is 0.849. The average molecular weight is 273 g/mol. The van der Waals surface area contributed by atoms with Gasteiger partial charge in [-0.15, -0.1) is 0 Å². The predicted molar refractivity (Wildman–Crippen MR) is 83.9 cm³/mol. The van der Waals surface area contributed by atoms with E-state index < -0.39 is 0 Å². The second-order valence-electron chi connectivity index (χ2n) is 5.31. The summed E-state index contributed by atoms with van der Waals surface area (Å²) in [5.41, 5.74) is 2.19. The Morgan fingerprint density at radius 2 is 2.10 bits per heavy atom. The number of benzene rings is 1. The van der Waals surface area contributed by atoms with Gasteiger partial charge in [-0.3, -0.25) is 0 Å². The number of rotatable bonds is 6. The molecule has 1 heterocycles. The number of hydrogen-bond acceptors (Lipinski definition) is 4. The number of hydrogen-bond donors (Lipinski definition) is 2. The third-order valence-electron chi connectivity index (χ3n) is 3.41. The fourth-order valence-corrected chi connectivity index (χ4v) is 2.27. The third-order valence-corrected chi connectivity index (χ3v) is 3.41. The maximum atomic E-state index is 9.36. The Hall–Kier alpha value is -1.65. The minimum atomic E-state index is -0.254. The summed E-state index contributed by atoms with van der Waals surface area (Å²) < 4.78 is 0. The molecule has 4 heteroatoms. The fraction of sp³-hybridized carbons (Fsp3) is 0.438. The number of pyridine rings is 1. The first kappa shape index (κ1) is 14.8. The molecule has 0 radical (unpaired) electrons. The number of aliphatic hydroxyl groups is 1. The molecule has 0 bridgehead atoms. The molecule has 20 heavy (non-hydrogen) atoms. The van der Waals surface area contributed by atoms with Gasteiger partial charge in [0.05, 0.1) is 11.6 Å². The number of nitrogens with zero attached hydrogens (tertiary/aromatic N) is 2. The maximum absolute atomic E-state index is 9.36. The topological polar surface area (TPSA) is 48.4 Å². The van der Waals surface area contributed by atoms with E-state index in [1.807, 2.05) is 32.2 Å². The molecular weight excluding hydrogens is 250 g/mol. The van der Waals surface area contributed by atoms with Crippen molar-refractivity contribution >= 4 is 16.7 Å². The van der Waals surface area contributed by atoms with Crippen molar-refractivity contribution in [3.63, 3.8) is 0 Å². The average Bonchev–Trinajstić information content (AvgIpc) is 2.44. The lowest BCUT2D eigenvalue weighted by Crippen LogP contribution is -2.22. The zero-order valence-electron chi connectivity index (χ0n) is 12.4. The summed E-state index contributed by atoms with van der Waals surface area (Å²) in [6, 6.07) is 10.3. The first-order valence-electron chi connectivity index (χ1n) is 7.03. The lowest BCUT2D eigenvalue weighted by atomic mass is 10.1. The van der Waals surface area contributed by atoms with E-state index >= 15 is 0 Å². The molecule has 1 unspecified atom stereocenters. The van der Waals surface area contributed by atoms with E-state index in [0.29, 0.717) is 0 Å². The number of fused-ring (bicyclic) bond motifs is 1. The van der Waals surface area contributed by atoms with Crippen molar-refractivity contribution in [3.05, 3.63) is 35.9 Å². The van der Waals surface area contributed by atoms with Gasteiger partial charge in [0.1, 0.15) is 5.82 Å². The van der Waals surface area contributed by atoms with Gasteiger partial charge >= 0.3 is 0 Å². The summed E-state index contributed by atoms with van der Waals surface area (Å²) >= 11 is 0. The zero-order valence-corrected chi connectivity index (χ0v) is 12.4. The monoisotopic (exact) mass is 273 g/mol. The second-order valence-corrected chi connectivity index (χ2v) is 5.31. The second kappa shape index (κ2) is 6.68. The molecule has 0 spiro atoms. The Balaban J connectivity index is 2.19. The van der Waals surface area contributed by atoms with Crippen molar-refractivity contribution in [2.24, 2.45) is 0 Å². The number of aromatic nitrogens is 1. The van der Waals surface area contributed by atoms with Crippen LogP contribution < -0.4 is 5.32 Å². The van der Waals surface area contributed by atoms with Crippen molar-refractivity contribution in [2.45, 2.75) is 26.0 Å². The van der Waals surface area contributed by atoms with Crippen molar-refractivity contribution in [2.75, 3.05) is 26.0 Å². The van der Waals surface area contributed by atoms with Crippen LogP contribution in [0.3, 0.4) is 0 Å². The number of para-hydroxylation sites is 1. The number of aliphatic hydroxyl groups excluding tert-OH is 1. The van der Waals surface area contributed by atoms with Gasteiger partial charge in [0, 0.05) is 31.1 Å². The fourth-order valence-electron chi connectivity index (χ4n) is 2.27. The van der Waals surface area contributed by atoms with Crippen molar-refractivity contribution in [1.82, 2.24) is 9.88 Å². The zero-order chi connectivity index (χ0) is 14.5. The normalized spacial score (nSPS) is 12.8. The number of nitrogens with one attached hydrogen (secondary N) is 1. The van der Waals surface area contributed by atoms with Crippen molar-refractivity contribution < 1.29 is 5.11 Å². The molecule has 1 atom stereocenters. The Bertz CT molecular complexity index is 569. The summed E-state index contributed by atoms with van der Waals surface area (Å²) in [5, 5.41) is 13.7. The van der Waals surface area contributed by atoms with Crippen LogP contribution in [0.25, 0.3) is 10.9 Å². The van der Waals surface area contributed by atoms with Crippen LogP contribution >= 0.6 is 0 Å². The summed E-state index contributed by atoms with van der Waals surface area (Å²) in [6.07, 6.45) is 0.530. The molecule has 0 aliphatic heterocycles. The number of anilines is 1. The summed E-state index contributed by atoms with van der Waals surface area (Å²) in [5.74, 6) is 0.924. The van der Waals surface area contributed by atoms with Gasteiger partial charge in [-0.05, 0) is 32.5 Å². The van der Waals surface area contributed by atoms with Crippen molar-refractivity contribution in [1.29, 1.82) is 0 Å². The molecule has 0 aliphatic carbocycles. The molecule has 2 aromatic rings. The van der Waals surface area contributed by atoms with Crippen LogP contribution in [0.5, 0.6) is 0 Å². The van der Waals surface area contributed by atoms with Gasteiger partial charge in [-0.25, -0.2) is 4.98 Å². The van der Waals surface area contributed by atoms with Gasteiger partial charge < -0.3 is 15.3 Å². The van der Waals surface area contributed by atoms with Crippen LogP contribution in [0, 0.1) is 0 Å².